The van der Waals surface area contributed by atoms with Gasteiger partial charge in [0.25, 0.3) is 0 Å². The Bertz CT molecular complexity index is 780. The molecule has 2 nitrogen and oxygen atoms in total. The normalized spacial score (nSPS) is 20.5. The largest absolute Gasteiger partial charge is 0.299 e. The lowest BCUT2D eigenvalue weighted by Gasteiger charge is -2.22. The molecule has 2 aliphatic rings. The molecule has 0 radical (unpaired) electrons. The number of aryl methyl sites for hydroxylation is 2. The minimum Gasteiger partial charge on any atom is -0.299 e. The molecule has 0 N–H and O–H groups in total. The van der Waals surface area contributed by atoms with E-state index in [0.717, 1.165) is 5.00 Å². The second-order valence-corrected chi connectivity index (χ2v) is 10.1. The molecule has 1 heterocycles. The molecule has 1 aromatic carbocycles. The number of benzene rings is 1. The van der Waals surface area contributed by atoms with Gasteiger partial charge in [-0.05, 0) is 53.7 Å². The second kappa shape index (κ2) is 6.23. The highest BCUT2D eigenvalue weighted by Crippen LogP contribution is 2.69. The molecule has 1 saturated carbocycles. The van der Waals surface area contributed by atoms with Crippen LogP contribution in [-0.4, -0.2) is 5.91 Å². The number of nitrogens with zero attached hydrogens (tertiary/aromatic N) is 1. The van der Waals surface area contributed by atoms with E-state index in [1.54, 1.807) is 0 Å². The van der Waals surface area contributed by atoms with Crippen LogP contribution in [0.2, 0.25) is 0 Å². The molecule has 3 heteroatoms. The summed E-state index contributed by atoms with van der Waals surface area (Å²) in [5, 5.41) is 1.14. The lowest BCUT2D eigenvalue weighted by Crippen LogP contribution is -2.33. The highest BCUT2D eigenvalue weighted by molar-refractivity contribution is 7.16. The molecule has 0 bridgehead atoms. The van der Waals surface area contributed by atoms with Crippen molar-refractivity contribution in [3.63, 3.8) is 0 Å². The number of thiophene rings is 1. The van der Waals surface area contributed by atoms with Crippen molar-refractivity contribution in [2.45, 2.75) is 59.9 Å². The number of anilines is 1. The highest BCUT2D eigenvalue weighted by atomic mass is 32.1. The van der Waals surface area contributed by atoms with Crippen LogP contribution in [0, 0.1) is 16.7 Å². The van der Waals surface area contributed by atoms with Crippen molar-refractivity contribution in [3.8, 4) is 0 Å². The molecular weight excluding hydrogens is 338 g/mol. The maximum Gasteiger partial charge on any atom is 0.232 e. The molecular formula is C23H29NOS. The zero-order valence-electron chi connectivity index (χ0n) is 16.3. The van der Waals surface area contributed by atoms with Gasteiger partial charge >= 0.3 is 0 Å². The molecule has 0 atom stereocenters. The summed E-state index contributed by atoms with van der Waals surface area (Å²) in [6, 6.07) is 12.7. The summed E-state index contributed by atoms with van der Waals surface area (Å²) in [6.07, 6.45) is 4.90. The van der Waals surface area contributed by atoms with Gasteiger partial charge in [0.05, 0.1) is 11.5 Å². The fourth-order valence-electron chi connectivity index (χ4n) is 4.61. The first kappa shape index (κ1) is 17.8. The molecule has 0 saturated heterocycles. The topological polar surface area (TPSA) is 20.3 Å². The quantitative estimate of drug-likeness (QED) is 0.664. The number of carbonyl (C=O) groups is 1. The van der Waals surface area contributed by atoms with Crippen LogP contribution in [0.5, 0.6) is 0 Å². The van der Waals surface area contributed by atoms with E-state index in [-0.39, 0.29) is 16.7 Å². The molecule has 1 amide bonds. The van der Waals surface area contributed by atoms with Crippen LogP contribution < -0.4 is 4.90 Å². The Morgan fingerprint density at radius 2 is 1.73 bits per heavy atom. The maximum atomic E-state index is 13.6. The van der Waals surface area contributed by atoms with Crippen LogP contribution in [0.1, 0.15) is 56.5 Å². The first-order chi connectivity index (χ1) is 12.3. The standard InChI is InChI=1S/C23H29NOS/c1-22(2)20(23(22,3)4)21(25)24(15-16-10-6-5-7-11-16)19-14-17-12-8-9-13-18(17)26-19/h5-7,10-11,14,20H,8-9,12-13,15H2,1-4H3. The Labute approximate surface area is 161 Å². The molecule has 0 aliphatic heterocycles. The molecule has 2 aliphatic carbocycles. The Kier molecular flexibility index (Phi) is 4.26. The van der Waals surface area contributed by atoms with E-state index in [9.17, 15) is 4.79 Å². The van der Waals surface area contributed by atoms with Crippen LogP contribution >= 0.6 is 11.3 Å². The maximum absolute atomic E-state index is 13.6. The van der Waals surface area contributed by atoms with E-state index in [1.165, 1.54) is 41.7 Å². The average Bonchev–Trinajstić information content (AvgIpc) is 2.90. The fourth-order valence-corrected chi connectivity index (χ4v) is 5.86. The minimum atomic E-state index is 0.0654. The number of hydrogen-bond donors (Lipinski definition) is 0. The van der Waals surface area contributed by atoms with Crippen molar-refractivity contribution in [2.75, 3.05) is 4.90 Å². The monoisotopic (exact) mass is 367 g/mol. The third kappa shape index (κ3) is 2.81. The van der Waals surface area contributed by atoms with Crippen LogP contribution in [0.15, 0.2) is 36.4 Å². The Morgan fingerprint density at radius 1 is 1.08 bits per heavy atom. The summed E-state index contributed by atoms with van der Waals surface area (Å²) >= 11 is 1.84. The van der Waals surface area contributed by atoms with E-state index < -0.39 is 0 Å². The second-order valence-electron chi connectivity index (χ2n) is 9.03. The summed E-state index contributed by atoms with van der Waals surface area (Å²) < 4.78 is 0. The van der Waals surface area contributed by atoms with Crippen molar-refractivity contribution in [3.05, 3.63) is 52.4 Å². The molecule has 1 fully saturated rings. The number of amides is 1. The molecule has 4 rings (SSSR count). The summed E-state index contributed by atoms with van der Waals surface area (Å²) in [4.78, 5) is 17.1. The zero-order valence-corrected chi connectivity index (χ0v) is 17.2. The predicted octanol–water partition coefficient (Wildman–Crippen LogP) is 5.84. The predicted molar refractivity (Wildman–Crippen MR) is 110 cm³/mol. The summed E-state index contributed by atoms with van der Waals surface area (Å²) in [5.41, 5.74) is 2.80. The molecule has 0 spiro atoms. The van der Waals surface area contributed by atoms with Crippen LogP contribution in [0.25, 0.3) is 0 Å². The third-order valence-corrected chi connectivity index (χ3v) is 8.23. The average molecular weight is 368 g/mol. The first-order valence-electron chi connectivity index (χ1n) is 9.79. The van der Waals surface area contributed by atoms with Gasteiger partial charge in [-0.3, -0.25) is 9.69 Å². The third-order valence-electron chi connectivity index (χ3n) is 6.97. The first-order valence-corrected chi connectivity index (χ1v) is 10.6. The van der Waals surface area contributed by atoms with E-state index in [4.69, 9.17) is 0 Å². The molecule has 2 aromatic rings. The van der Waals surface area contributed by atoms with E-state index in [2.05, 4.69) is 62.9 Å². The number of rotatable bonds is 4. The molecule has 138 valence electrons. The minimum absolute atomic E-state index is 0.0654. The van der Waals surface area contributed by atoms with Crippen molar-refractivity contribution in [2.24, 2.45) is 16.7 Å². The van der Waals surface area contributed by atoms with Crippen LogP contribution in [0.4, 0.5) is 5.00 Å². The molecule has 0 unspecified atom stereocenters. The number of hydrogen-bond acceptors (Lipinski definition) is 2. The van der Waals surface area contributed by atoms with Crippen molar-refractivity contribution < 1.29 is 4.79 Å². The molecule has 1 aromatic heterocycles. The van der Waals surface area contributed by atoms with Gasteiger partial charge in [-0.25, -0.2) is 0 Å². The van der Waals surface area contributed by atoms with E-state index in [0.29, 0.717) is 12.5 Å². The van der Waals surface area contributed by atoms with Crippen molar-refractivity contribution in [1.29, 1.82) is 0 Å². The van der Waals surface area contributed by atoms with Gasteiger partial charge in [0.15, 0.2) is 0 Å². The van der Waals surface area contributed by atoms with Gasteiger partial charge in [0, 0.05) is 10.8 Å². The van der Waals surface area contributed by atoms with Gasteiger partial charge in [0.2, 0.25) is 5.91 Å². The zero-order chi connectivity index (χ0) is 18.5. The summed E-state index contributed by atoms with van der Waals surface area (Å²) in [5.74, 6) is 0.389. The lowest BCUT2D eigenvalue weighted by atomic mass is 9.99. The molecule has 26 heavy (non-hydrogen) atoms. The van der Waals surface area contributed by atoms with Crippen molar-refractivity contribution >= 4 is 22.2 Å². The number of fused-ring (bicyclic) bond motifs is 1. The Balaban J connectivity index is 1.68. The Morgan fingerprint density at radius 3 is 2.35 bits per heavy atom. The smallest absolute Gasteiger partial charge is 0.232 e. The fraction of sp³-hybridized carbons (Fsp3) is 0.522. The van der Waals surface area contributed by atoms with E-state index >= 15 is 0 Å². The summed E-state index contributed by atoms with van der Waals surface area (Å²) in [7, 11) is 0. The van der Waals surface area contributed by atoms with Gasteiger partial charge in [-0.15, -0.1) is 11.3 Å². The van der Waals surface area contributed by atoms with E-state index in [1.807, 2.05) is 17.4 Å². The van der Waals surface area contributed by atoms with Gasteiger partial charge < -0.3 is 0 Å². The van der Waals surface area contributed by atoms with Crippen LogP contribution in [0.3, 0.4) is 0 Å². The van der Waals surface area contributed by atoms with Crippen molar-refractivity contribution in [1.82, 2.24) is 0 Å². The SMILES string of the molecule is CC1(C)C(C(=O)N(Cc2ccccc2)c2cc3c(s2)CCCC3)C1(C)C. The van der Waals surface area contributed by atoms with Gasteiger partial charge in [-0.1, -0.05) is 58.0 Å². The highest BCUT2D eigenvalue weighted by Gasteiger charge is 2.69. The Hall–Kier alpha value is -1.61. The van der Waals surface area contributed by atoms with Gasteiger partial charge in [0.1, 0.15) is 0 Å². The lowest BCUT2D eigenvalue weighted by molar-refractivity contribution is -0.121. The number of carbonyl (C=O) groups excluding carboxylic acids is 1. The van der Waals surface area contributed by atoms with Gasteiger partial charge in [-0.2, -0.15) is 0 Å². The van der Waals surface area contributed by atoms with Crippen LogP contribution in [-0.2, 0) is 24.2 Å². The summed E-state index contributed by atoms with van der Waals surface area (Å²) in [6.45, 7) is 9.60.